The number of amides is 2. The van der Waals surface area contributed by atoms with Crippen LogP contribution in [0.4, 0.5) is 0 Å². The van der Waals surface area contributed by atoms with Crippen molar-refractivity contribution in [3.63, 3.8) is 0 Å². The van der Waals surface area contributed by atoms with Gasteiger partial charge in [-0.2, -0.15) is 0 Å². The number of likely N-dealkylation sites (N-methyl/N-ethyl adjacent to an activating group) is 1. The van der Waals surface area contributed by atoms with Gasteiger partial charge in [-0.1, -0.05) is 6.07 Å². The molecule has 2 rings (SSSR count). The quantitative estimate of drug-likeness (QED) is 0.828. The third-order valence-corrected chi connectivity index (χ3v) is 4.76. The number of aryl methyl sites for hydroxylation is 2. The monoisotopic (exact) mass is 362 g/mol. The lowest BCUT2D eigenvalue weighted by Crippen LogP contribution is -2.47. The molecule has 2 amide bonds. The second-order valence-electron chi connectivity index (χ2n) is 6.80. The highest BCUT2D eigenvalue weighted by molar-refractivity contribution is 5.85. The summed E-state index contributed by atoms with van der Waals surface area (Å²) in [5, 5.41) is 9.10. The number of carboxylic acid groups (broad SMARTS) is 1. The Morgan fingerprint density at radius 3 is 2.65 bits per heavy atom. The molecule has 0 bridgehead atoms. The van der Waals surface area contributed by atoms with E-state index >= 15 is 0 Å². The van der Waals surface area contributed by atoms with Crippen LogP contribution in [0.1, 0.15) is 24.0 Å². The number of carbonyl (C=O) groups excluding carboxylic acids is 2. The topological polar surface area (TPSA) is 87.2 Å². The number of nitrogens with zero attached hydrogens (tertiary/aromatic N) is 2. The smallest absolute Gasteiger partial charge is 0.308 e. The molecule has 0 radical (unpaired) electrons. The summed E-state index contributed by atoms with van der Waals surface area (Å²) in [5.74, 6) is -1.33. The van der Waals surface area contributed by atoms with Gasteiger partial charge >= 0.3 is 5.97 Å². The van der Waals surface area contributed by atoms with Gasteiger partial charge in [0.15, 0.2) is 6.61 Å². The van der Waals surface area contributed by atoms with Gasteiger partial charge in [0.05, 0.1) is 12.5 Å². The average molecular weight is 362 g/mol. The van der Waals surface area contributed by atoms with Crippen LogP contribution >= 0.6 is 0 Å². The first-order chi connectivity index (χ1) is 12.3. The number of likely N-dealkylation sites (tertiary alicyclic amines) is 1. The summed E-state index contributed by atoms with van der Waals surface area (Å²) in [6, 6.07) is 5.60. The van der Waals surface area contributed by atoms with E-state index < -0.39 is 11.9 Å². The molecule has 142 valence electrons. The first kappa shape index (κ1) is 19.8. The summed E-state index contributed by atoms with van der Waals surface area (Å²) in [6.07, 6.45) is 1.24. The predicted octanol–water partition coefficient (Wildman–Crippen LogP) is 1.46. The number of ether oxygens (including phenoxy) is 1. The Bertz CT molecular complexity index is 689. The third kappa shape index (κ3) is 5.21. The average Bonchev–Trinajstić information content (AvgIpc) is 2.62. The Labute approximate surface area is 153 Å². The summed E-state index contributed by atoms with van der Waals surface area (Å²) in [5.41, 5.74) is 2.23. The maximum atomic E-state index is 12.3. The number of carbonyl (C=O) groups is 3. The van der Waals surface area contributed by atoms with Crippen LogP contribution in [0.3, 0.4) is 0 Å². The van der Waals surface area contributed by atoms with E-state index in [-0.39, 0.29) is 31.5 Å². The van der Waals surface area contributed by atoms with Crippen LogP contribution in [0.5, 0.6) is 5.75 Å². The van der Waals surface area contributed by atoms with E-state index in [1.54, 1.807) is 13.1 Å². The van der Waals surface area contributed by atoms with E-state index in [0.717, 1.165) is 11.1 Å². The fraction of sp³-hybridized carbons (Fsp3) is 0.526. The van der Waals surface area contributed by atoms with Crippen LogP contribution in [0.15, 0.2) is 18.2 Å². The van der Waals surface area contributed by atoms with Gasteiger partial charge in [-0.25, -0.2) is 0 Å². The van der Waals surface area contributed by atoms with Crippen LogP contribution in [0.2, 0.25) is 0 Å². The first-order valence-corrected chi connectivity index (χ1v) is 8.72. The molecule has 1 N–H and O–H groups in total. The molecule has 1 saturated heterocycles. The van der Waals surface area contributed by atoms with E-state index in [9.17, 15) is 14.4 Å². The van der Waals surface area contributed by atoms with Crippen LogP contribution in [-0.2, 0) is 14.4 Å². The minimum atomic E-state index is -0.881. The fourth-order valence-electron chi connectivity index (χ4n) is 2.86. The van der Waals surface area contributed by atoms with Crippen molar-refractivity contribution in [1.82, 2.24) is 9.80 Å². The molecular weight excluding hydrogens is 336 g/mol. The first-order valence-electron chi connectivity index (χ1n) is 8.72. The molecule has 1 aromatic carbocycles. The number of aliphatic carboxylic acids is 1. The molecule has 7 heteroatoms. The molecule has 1 aliphatic heterocycles. The molecule has 1 atom stereocenters. The molecule has 0 spiro atoms. The highest BCUT2D eigenvalue weighted by Gasteiger charge is 2.29. The maximum absolute atomic E-state index is 12.3. The summed E-state index contributed by atoms with van der Waals surface area (Å²) >= 11 is 0. The number of hydrogen-bond acceptors (Lipinski definition) is 4. The van der Waals surface area contributed by atoms with Gasteiger partial charge in [0.2, 0.25) is 5.91 Å². The molecule has 1 aliphatic rings. The van der Waals surface area contributed by atoms with Crippen LogP contribution in [0, 0.1) is 19.8 Å². The molecule has 7 nitrogen and oxygen atoms in total. The van der Waals surface area contributed by atoms with E-state index in [1.165, 1.54) is 9.80 Å². The molecule has 1 fully saturated rings. The zero-order valence-electron chi connectivity index (χ0n) is 15.5. The lowest BCUT2D eigenvalue weighted by atomic mass is 9.98. The Morgan fingerprint density at radius 1 is 1.27 bits per heavy atom. The largest absolute Gasteiger partial charge is 0.484 e. The molecule has 26 heavy (non-hydrogen) atoms. The Balaban J connectivity index is 1.83. The van der Waals surface area contributed by atoms with Crippen molar-refractivity contribution in [3.05, 3.63) is 29.3 Å². The number of piperidine rings is 1. The number of hydrogen-bond donors (Lipinski definition) is 1. The zero-order valence-corrected chi connectivity index (χ0v) is 15.5. The third-order valence-electron chi connectivity index (χ3n) is 4.76. The highest BCUT2D eigenvalue weighted by Crippen LogP contribution is 2.18. The van der Waals surface area contributed by atoms with E-state index in [2.05, 4.69) is 0 Å². The minimum absolute atomic E-state index is 0.0819. The van der Waals surface area contributed by atoms with E-state index in [0.29, 0.717) is 25.1 Å². The molecule has 0 aliphatic carbocycles. The molecule has 1 unspecified atom stereocenters. The summed E-state index contributed by atoms with van der Waals surface area (Å²) in [6.45, 7) is 4.47. The van der Waals surface area contributed by atoms with Crippen LogP contribution in [0.25, 0.3) is 0 Å². The summed E-state index contributed by atoms with van der Waals surface area (Å²) in [7, 11) is 1.54. The van der Waals surface area contributed by atoms with E-state index in [4.69, 9.17) is 9.84 Å². The lowest BCUT2D eigenvalue weighted by Gasteiger charge is -2.32. The Hall–Kier alpha value is -2.57. The van der Waals surface area contributed by atoms with Crippen molar-refractivity contribution in [1.29, 1.82) is 0 Å². The van der Waals surface area contributed by atoms with Crippen LogP contribution in [-0.4, -0.2) is 66.0 Å². The Kier molecular flexibility index (Phi) is 6.60. The summed E-state index contributed by atoms with van der Waals surface area (Å²) < 4.78 is 5.51. The molecular formula is C19H26N2O5. The van der Waals surface area contributed by atoms with Crippen molar-refractivity contribution < 1.29 is 24.2 Å². The van der Waals surface area contributed by atoms with E-state index in [1.807, 2.05) is 26.0 Å². The molecule has 1 aromatic rings. The lowest BCUT2D eigenvalue weighted by molar-refractivity contribution is -0.147. The highest BCUT2D eigenvalue weighted by atomic mass is 16.5. The van der Waals surface area contributed by atoms with Gasteiger partial charge in [0.25, 0.3) is 5.91 Å². The molecule has 0 saturated carbocycles. The second kappa shape index (κ2) is 8.69. The van der Waals surface area contributed by atoms with Crippen LogP contribution < -0.4 is 4.74 Å². The van der Waals surface area contributed by atoms with Crippen molar-refractivity contribution in [3.8, 4) is 5.75 Å². The SMILES string of the molecule is Cc1ccc(OCC(=O)N(C)CC(=O)N2CCCC(C(=O)O)C2)cc1C. The van der Waals surface area contributed by atoms with Crippen molar-refractivity contribution >= 4 is 17.8 Å². The zero-order chi connectivity index (χ0) is 19.3. The fourth-order valence-corrected chi connectivity index (χ4v) is 2.86. The van der Waals surface area contributed by atoms with Gasteiger partial charge in [-0.15, -0.1) is 0 Å². The summed E-state index contributed by atoms with van der Waals surface area (Å²) in [4.78, 5) is 38.5. The second-order valence-corrected chi connectivity index (χ2v) is 6.80. The predicted molar refractivity (Wildman–Crippen MR) is 96.0 cm³/mol. The van der Waals surface area contributed by atoms with Crippen molar-refractivity contribution in [2.24, 2.45) is 5.92 Å². The van der Waals surface area contributed by atoms with Crippen molar-refractivity contribution in [2.45, 2.75) is 26.7 Å². The van der Waals surface area contributed by atoms with Crippen molar-refractivity contribution in [2.75, 3.05) is 33.3 Å². The minimum Gasteiger partial charge on any atom is -0.484 e. The number of benzene rings is 1. The van der Waals surface area contributed by atoms with Gasteiger partial charge in [0.1, 0.15) is 5.75 Å². The molecule has 1 heterocycles. The number of carboxylic acids is 1. The van der Waals surface area contributed by atoms with Gasteiger partial charge in [-0.3, -0.25) is 14.4 Å². The standard InChI is InChI=1S/C19H26N2O5/c1-13-6-7-16(9-14(13)2)26-12-18(23)20(3)11-17(22)21-8-4-5-15(10-21)19(24)25/h6-7,9,15H,4-5,8,10-12H2,1-3H3,(H,24,25). The Morgan fingerprint density at radius 2 is 2.00 bits per heavy atom. The van der Waals surface area contributed by atoms with Gasteiger partial charge in [0, 0.05) is 20.1 Å². The van der Waals surface area contributed by atoms with Gasteiger partial charge in [-0.05, 0) is 49.9 Å². The normalized spacial score (nSPS) is 16.9. The molecule has 0 aromatic heterocycles. The maximum Gasteiger partial charge on any atom is 0.308 e. The number of rotatable bonds is 6. The van der Waals surface area contributed by atoms with Gasteiger partial charge < -0.3 is 19.6 Å².